The second kappa shape index (κ2) is 10.00. The molecule has 134 valence electrons. The van der Waals surface area contributed by atoms with Gasteiger partial charge < -0.3 is 10.2 Å². The lowest BCUT2D eigenvalue weighted by Crippen LogP contribution is -2.28. The Morgan fingerprint density at radius 3 is 2.52 bits per heavy atom. The minimum absolute atomic E-state index is 0.139. The number of amides is 1. The van der Waals surface area contributed by atoms with Crippen LogP contribution in [-0.2, 0) is 11.2 Å². The Bertz CT molecular complexity index is 652. The molecule has 0 bridgehead atoms. The SMILES string of the molecule is Cc1cccc(C[C@H](CC(=O)NCCCN(C)C)c2ccccc2)c1. The predicted molar refractivity (Wildman–Crippen MR) is 105 cm³/mol. The van der Waals surface area contributed by atoms with Crippen molar-refractivity contribution in [2.75, 3.05) is 27.2 Å². The Kier molecular flexibility index (Phi) is 7.68. The van der Waals surface area contributed by atoms with Crippen molar-refractivity contribution in [1.29, 1.82) is 0 Å². The molecule has 2 rings (SSSR count). The molecule has 0 aliphatic carbocycles. The number of nitrogens with one attached hydrogen (secondary N) is 1. The van der Waals surface area contributed by atoms with Gasteiger partial charge in [-0.2, -0.15) is 0 Å². The van der Waals surface area contributed by atoms with Crippen molar-refractivity contribution in [2.45, 2.75) is 32.1 Å². The zero-order valence-corrected chi connectivity index (χ0v) is 15.7. The van der Waals surface area contributed by atoms with Crippen LogP contribution in [0.2, 0.25) is 0 Å². The number of carbonyl (C=O) groups excluding carboxylic acids is 1. The molecule has 3 heteroatoms. The summed E-state index contributed by atoms with van der Waals surface area (Å²) in [7, 11) is 4.10. The highest BCUT2D eigenvalue weighted by Gasteiger charge is 2.16. The number of hydrogen-bond acceptors (Lipinski definition) is 2. The van der Waals surface area contributed by atoms with Crippen molar-refractivity contribution in [3.63, 3.8) is 0 Å². The normalized spacial score (nSPS) is 12.2. The van der Waals surface area contributed by atoms with Crippen LogP contribution in [0.4, 0.5) is 0 Å². The molecule has 25 heavy (non-hydrogen) atoms. The summed E-state index contributed by atoms with van der Waals surface area (Å²) in [5.74, 6) is 0.345. The van der Waals surface area contributed by atoms with Gasteiger partial charge in [-0.1, -0.05) is 60.2 Å². The van der Waals surface area contributed by atoms with Crippen LogP contribution in [0, 0.1) is 6.92 Å². The molecule has 1 amide bonds. The van der Waals surface area contributed by atoms with Gasteiger partial charge in [0.05, 0.1) is 0 Å². The highest BCUT2D eigenvalue weighted by Crippen LogP contribution is 2.24. The molecule has 0 saturated heterocycles. The predicted octanol–water partition coefficient (Wildman–Crippen LogP) is 3.78. The lowest BCUT2D eigenvalue weighted by molar-refractivity contribution is -0.121. The van der Waals surface area contributed by atoms with Gasteiger partial charge in [-0.25, -0.2) is 0 Å². The third-order valence-electron chi connectivity index (χ3n) is 4.37. The Balaban J connectivity index is 1.99. The highest BCUT2D eigenvalue weighted by molar-refractivity contribution is 5.76. The van der Waals surface area contributed by atoms with Crippen molar-refractivity contribution in [2.24, 2.45) is 0 Å². The molecular weight excluding hydrogens is 308 g/mol. The fraction of sp³-hybridized carbons (Fsp3) is 0.409. The van der Waals surface area contributed by atoms with Gasteiger partial charge in [-0.05, 0) is 57.5 Å². The van der Waals surface area contributed by atoms with Gasteiger partial charge in [0.2, 0.25) is 5.91 Å². The molecular formula is C22H30N2O. The van der Waals surface area contributed by atoms with Gasteiger partial charge in [-0.3, -0.25) is 4.79 Å². The van der Waals surface area contributed by atoms with E-state index in [1.807, 2.05) is 18.2 Å². The maximum atomic E-state index is 12.4. The zero-order chi connectivity index (χ0) is 18.1. The van der Waals surface area contributed by atoms with E-state index in [1.165, 1.54) is 16.7 Å². The van der Waals surface area contributed by atoms with E-state index in [9.17, 15) is 4.79 Å². The second-order valence-electron chi connectivity index (χ2n) is 7.01. The number of nitrogens with zero attached hydrogens (tertiary/aromatic N) is 1. The minimum Gasteiger partial charge on any atom is -0.356 e. The monoisotopic (exact) mass is 338 g/mol. The van der Waals surface area contributed by atoms with Gasteiger partial charge in [-0.15, -0.1) is 0 Å². The van der Waals surface area contributed by atoms with Crippen molar-refractivity contribution in [3.8, 4) is 0 Å². The fourth-order valence-electron chi connectivity index (χ4n) is 3.08. The third kappa shape index (κ3) is 7.10. The topological polar surface area (TPSA) is 32.3 Å². The van der Waals surface area contributed by atoms with Crippen molar-refractivity contribution < 1.29 is 4.79 Å². The second-order valence-corrected chi connectivity index (χ2v) is 7.01. The smallest absolute Gasteiger partial charge is 0.220 e. The summed E-state index contributed by atoms with van der Waals surface area (Å²) >= 11 is 0. The summed E-state index contributed by atoms with van der Waals surface area (Å²) < 4.78 is 0. The van der Waals surface area contributed by atoms with E-state index in [4.69, 9.17) is 0 Å². The number of carbonyl (C=O) groups is 1. The van der Waals surface area contributed by atoms with E-state index in [1.54, 1.807) is 0 Å². The molecule has 0 aliphatic rings. The van der Waals surface area contributed by atoms with E-state index < -0.39 is 0 Å². The zero-order valence-electron chi connectivity index (χ0n) is 15.7. The van der Waals surface area contributed by atoms with Gasteiger partial charge in [0.15, 0.2) is 0 Å². The van der Waals surface area contributed by atoms with Crippen molar-refractivity contribution in [3.05, 3.63) is 71.3 Å². The van der Waals surface area contributed by atoms with Gasteiger partial charge in [0.1, 0.15) is 0 Å². The molecule has 0 unspecified atom stereocenters. The fourth-order valence-corrected chi connectivity index (χ4v) is 3.08. The van der Waals surface area contributed by atoms with Crippen LogP contribution >= 0.6 is 0 Å². The van der Waals surface area contributed by atoms with E-state index in [2.05, 4.69) is 67.6 Å². The lowest BCUT2D eigenvalue weighted by atomic mass is 9.88. The summed E-state index contributed by atoms with van der Waals surface area (Å²) in [6.07, 6.45) is 2.39. The average molecular weight is 338 g/mol. The molecule has 2 aromatic carbocycles. The first-order valence-electron chi connectivity index (χ1n) is 9.06. The molecule has 0 aromatic heterocycles. The molecule has 1 atom stereocenters. The number of rotatable bonds is 9. The van der Waals surface area contributed by atoms with Crippen molar-refractivity contribution in [1.82, 2.24) is 10.2 Å². The van der Waals surface area contributed by atoms with Gasteiger partial charge >= 0.3 is 0 Å². The van der Waals surface area contributed by atoms with Crippen LogP contribution < -0.4 is 5.32 Å². The number of aryl methyl sites for hydroxylation is 1. The summed E-state index contributed by atoms with van der Waals surface area (Å²) in [5, 5.41) is 3.07. The maximum Gasteiger partial charge on any atom is 0.220 e. The summed E-state index contributed by atoms with van der Waals surface area (Å²) in [6, 6.07) is 18.9. The summed E-state index contributed by atoms with van der Waals surface area (Å²) in [6.45, 7) is 3.84. The van der Waals surface area contributed by atoms with Gasteiger partial charge in [0, 0.05) is 13.0 Å². The standard InChI is InChI=1S/C22H30N2O/c1-18-9-7-10-19(15-18)16-21(20-11-5-4-6-12-20)17-22(25)23-13-8-14-24(2)3/h4-7,9-12,15,21H,8,13-14,16-17H2,1-3H3,(H,23,25)/t21-/m1/s1. The Hall–Kier alpha value is -2.13. The van der Waals surface area contributed by atoms with Crippen molar-refractivity contribution >= 4 is 5.91 Å². The molecule has 0 fully saturated rings. The van der Waals surface area contributed by atoms with Crippen LogP contribution in [0.25, 0.3) is 0 Å². The van der Waals surface area contributed by atoms with Crippen LogP contribution in [0.5, 0.6) is 0 Å². The van der Waals surface area contributed by atoms with E-state index in [0.29, 0.717) is 6.42 Å². The lowest BCUT2D eigenvalue weighted by Gasteiger charge is -2.18. The molecule has 2 aromatic rings. The van der Waals surface area contributed by atoms with Gasteiger partial charge in [0.25, 0.3) is 0 Å². The third-order valence-corrected chi connectivity index (χ3v) is 4.37. The number of benzene rings is 2. The molecule has 0 spiro atoms. The molecule has 3 nitrogen and oxygen atoms in total. The van der Waals surface area contributed by atoms with Crippen LogP contribution in [0.1, 0.15) is 35.4 Å². The highest BCUT2D eigenvalue weighted by atomic mass is 16.1. The minimum atomic E-state index is 0.139. The first-order chi connectivity index (χ1) is 12.0. The first kappa shape index (κ1) is 19.2. The van der Waals surface area contributed by atoms with Crippen LogP contribution in [-0.4, -0.2) is 38.0 Å². The molecule has 0 aliphatic heterocycles. The van der Waals surface area contributed by atoms with E-state index >= 15 is 0 Å². The molecule has 1 N–H and O–H groups in total. The molecule has 0 radical (unpaired) electrons. The van der Waals surface area contributed by atoms with Crippen LogP contribution in [0.3, 0.4) is 0 Å². The molecule has 0 heterocycles. The first-order valence-corrected chi connectivity index (χ1v) is 9.06. The maximum absolute atomic E-state index is 12.4. The quantitative estimate of drug-likeness (QED) is 0.706. The van der Waals surface area contributed by atoms with E-state index in [0.717, 1.165) is 25.9 Å². The summed E-state index contributed by atoms with van der Waals surface area (Å²) in [4.78, 5) is 14.5. The molecule has 0 saturated carbocycles. The summed E-state index contributed by atoms with van der Waals surface area (Å²) in [5.41, 5.74) is 3.78. The van der Waals surface area contributed by atoms with E-state index in [-0.39, 0.29) is 11.8 Å². The number of hydrogen-bond donors (Lipinski definition) is 1. The Morgan fingerprint density at radius 1 is 1.08 bits per heavy atom. The largest absolute Gasteiger partial charge is 0.356 e. The Morgan fingerprint density at radius 2 is 1.84 bits per heavy atom. The Labute approximate surface area is 152 Å². The average Bonchev–Trinajstić information content (AvgIpc) is 2.59. The van der Waals surface area contributed by atoms with Crippen LogP contribution in [0.15, 0.2) is 54.6 Å².